The summed E-state index contributed by atoms with van der Waals surface area (Å²) >= 11 is 0. The maximum absolute atomic E-state index is 13.0. The minimum atomic E-state index is -1.07. The van der Waals surface area contributed by atoms with E-state index in [0.717, 1.165) is 11.1 Å². The van der Waals surface area contributed by atoms with E-state index in [1.807, 2.05) is 84.9 Å². The lowest BCUT2D eigenvalue weighted by molar-refractivity contribution is -0.149. The summed E-state index contributed by atoms with van der Waals surface area (Å²) in [4.78, 5) is 25.5. The maximum atomic E-state index is 13.0. The van der Waals surface area contributed by atoms with Crippen LogP contribution in [0.1, 0.15) is 44.4 Å². The van der Waals surface area contributed by atoms with Gasteiger partial charge in [0.25, 0.3) is 0 Å². The van der Waals surface area contributed by atoms with Gasteiger partial charge in [-0.15, -0.1) is 0 Å². The van der Waals surface area contributed by atoms with Gasteiger partial charge in [0, 0.05) is 0 Å². The van der Waals surface area contributed by atoms with E-state index in [4.69, 9.17) is 14.2 Å². The van der Waals surface area contributed by atoms with Crippen LogP contribution in [0.2, 0.25) is 0 Å². The molecule has 1 amide bonds. The number of esters is 1. The molecule has 184 valence electrons. The summed E-state index contributed by atoms with van der Waals surface area (Å²) in [6.07, 6.45) is -1.43. The highest BCUT2D eigenvalue weighted by molar-refractivity contribution is 5.82. The molecule has 0 bridgehead atoms. The number of carbonyl (C=O) groups is 2. The molecule has 0 fully saturated rings. The third-order valence-corrected chi connectivity index (χ3v) is 5.48. The van der Waals surface area contributed by atoms with E-state index in [0.29, 0.717) is 5.75 Å². The van der Waals surface area contributed by atoms with Crippen LogP contribution in [0.25, 0.3) is 0 Å². The lowest BCUT2D eigenvalue weighted by Gasteiger charge is -2.25. The smallest absolute Gasteiger partial charge is 0.408 e. The molecule has 0 spiro atoms. The van der Waals surface area contributed by atoms with Gasteiger partial charge >= 0.3 is 12.1 Å². The Hall–Kier alpha value is -3.80. The third-order valence-electron chi connectivity index (χ3n) is 5.48. The summed E-state index contributed by atoms with van der Waals surface area (Å²) in [6, 6.07) is 25.3. The molecule has 0 aromatic heterocycles. The Balaban J connectivity index is 1.67. The fourth-order valence-corrected chi connectivity index (χ4v) is 3.39. The van der Waals surface area contributed by atoms with Crippen LogP contribution in [0.5, 0.6) is 5.75 Å². The second-order valence-electron chi connectivity index (χ2n) is 9.37. The lowest BCUT2D eigenvalue weighted by atomic mass is 9.87. The van der Waals surface area contributed by atoms with Crippen molar-refractivity contribution in [3.63, 3.8) is 0 Å². The van der Waals surface area contributed by atoms with Crippen LogP contribution >= 0.6 is 0 Å². The Labute approximate surface area is 207 Å². The van der Waals surface area contributed by atoms with Gasteiger partial charge in [0.15, 0.2) is 6.04 Å². The predicted octanol–water partition coefficient (Wildman–Crippen LogP) is 5.79. The van der Waals surface area contributed by atoms with Gasteiger partial charge in [-0.3, -0.25) is 0 Å². The van der Waals surface area contributed by atoms with Crippen molar-refractivity contribution in [2.45, 2.75) is 58.5 Å². The minimum absolute atomic E-state index is 0.0119. The highest BCUT2D eigenvalue weighted by atomic mass is 16.6. The van der Waals surface area contributed by atoms with Gasteiger partial charge in [0.05, 0.1) is 0 Å². The molecule has 0 saturated heterocycles. The molecule has 0 aliphatic carbocycles. The topological polar surface area (TPSA) is 73.9 Å². The van der Waals surface area contributed by atoms with E-state index < -0.39 is 24.2 Å². The number of hydrogen-bond donors (Lipinski definition) is 1. The van der Waals surface area contributed by atoms with E-state index in [1.54, 1.807) is 6.92 Å². The second-order valence-corrected chi connectivity index (χ2v) is 9.37. The fourth-order valence-electron chi connectivity index (χ4n) is 3.39. The molecule has 35 heavy (non-hydrogen) atoms. The van der Waals surface area contributed by atoms with Crippen LogP contribution in [0.15, 0.2) is 84.9 Å². The highest BCUT2D eigenvalue weighted by Gasteiger charge is 2.31. The summed E-state index contributed by atoms with van der Waals surface area (Å²) in [6.45, 7) is 8.29. The second kappa shape index (κ2) is 12.1. The molecule has 0 aliphatic heterocycles. The molecule has 6 nitrogen and oxygen atoms in total. The molecule has 0 aliphatic rings. The summed E-state index contributed by atoms with van der Waals surface area (Å²) in [5.41, 5.74) is 2.86. The van der Waals surface area contributed by atoms with Crippen molar-refractivity contribution in [3.05, 3.63) is 102 Å². The molecule has 3 rings (SSSR count). The number of nitrogens with one attached hydrogen (secondary N) is 1. The van der Waals surface area contributed by atoms with Crippen LogP contribution in [0.4, 0.5) is 4.79 Å². The molecule has 6 heteroatoms. The van der Waals surface area contributed by atoms with Gasteiger partial charge in [0.1, 0.15) is 25.1 Å². The molecular formula is C29H33NO5. The van der Waals surface area contributed by atoms with Gasteiger partial charge in [-0.05, 0) is 41.2 Å². The number of ether oxygens (including phenoxy) is 3. The fraction of sp³-hybridized carbons (Fsp3) is 0.310. The molecule has 1 N–H and O–H groups in total. The van der Waals surface area contributed by atoms with Crippen molar-refractivity contribution in [1.29, 1.82) is 0 Å². The quantitative estimate of drug-likeness (QED) is 0.397. The highest BCUT2D eigenvalue weighted by Crippen LogP contribution is 2.25. The number of carbonyl (C=O) groups excluding carboxylic acids is 2. The van der Waals surface area contributed by atoms with Crippen molar-refractivity contribution in [2.75, 3.05) is 0 Å². The number of alkyl carbamates (subject to hydrolysis) is 1. The molecule has 2 atom stereocenters. The number of hydrogen-bond acceptors (Lipinski definition) is 5. The molecular weight excluding hydrogens is 442 g/mol. The van der Waals surface area contributed by atoms with E-state index in [1.165, 1.54) is 5.56 Å². The van der Waals surface area contributed by atoms with Gasteiger partial charge in [-0.25, -0.2) is 9.59 Å². The van der Waals surface area contributed by atoms with Crippen molar-refractivity contribution >= 4 is 12.1 Å². The van der Waals surface area contributed by atoms with Crippen molar-refractivity contribution in [3.8, 4) is 5.75 Å². The average molecular weight is 476 g/mol. The van der Waals surface area contributed by atoms with Gasteiger partial charge in [-0.2, -0.15) is 0 Å². The molecule has 3 aromatic rings. The SMILES string of the molecule is C[C@@H](Oc1ccc(C(C)(C)C)cc1)[C@H](NC(=O)OCc1ccccc1)C(=O)OCc1ccccc1. The van der Waals surface area contributed by atoms with Crippen molar-refractivity contribution < 1.29 is 23.8 Å². The Kier molecular flexibility index (Phi) is 8.90. The summed E-state index contributed by atoms with van der Waals surface area (Å²) < 4.78 is 16.8. The summed E-state index contributed by atoms with van der Waals surface area (Å²) in [7, 11) is 0. The van der Waals surface area contributed by atoms with Crippen LogP contribution < -0.4 is 10.1 Å². The van der Waals surface area contributed by atoms with E-state index >= 15 is 0 Å². The normalized spacial score (nSPS) is 12.8. The lowest BCUT2D eigenvalue weighted by Crippen LogP contribution is -2.50. The standard InChI is InChI=1S/C29H33NO5/c1-21(35-25-17-15-24(16-18-25)29(2,3)4)26(27(31)33-19-22-11-7-5-8-12-22)30-28(32)34-20-23-13-9-6-10-14-23/h5-18,21,26H,19-20H2,1-4H3,(H,30,32)/t21-,26+/m1/s1. The van der Waals surface area contributed by atoms with Gasteiger partial charge in [0.2, 0.25) is 0 Å². The van der Waals surface area contributed by atoms with E-state index in [-0.39, 0.29) is 18.6 Å². The van der Waals surface area contributed by atoms with Crippen LogP contribution in [0.3, 0.4) is 0 Å². The Bertz CT molecular complexity index is 1080. The van der Waals surface area contributed by atoms with Crippen molar-refractivity contribution in [1.82, 2.24) is 5.32 Å². The largest absolute Gasteiger partial charge is 0.488 e. The van der Waals surface area contributed by atoms with Crippen LogP contribution in [0, 0.1) is 0 Å². The van der Waals surface area contributed by atoms with E-state index in [2.05, 4.69) is 26.1 Å². The third kappa shape index (κ3) is 8.18. The molecule has 0 radical (unpaired) electrons. The molecule has 0 unspecified atom stereocenters. The Morgan fingerprint density at radius 2 is 1.29 bits per heavy atom. The molecule has 3 aromatic carbocycles. The number of benzene rings is 3. The summed E-state index contributed by atoms with van der Waals surface area (Å²) in [5, 5.41) is 2.62. The zero-order valence-electron chi connectivity index (χ0n) is 20.7. The first kappa shape index (κ1) is 25.8. The first-order valence-corrected chi connectivity index (χ1v) is 11.7. The zero-order valence-corrected chi connectivity index (χ0v) is 20.7. The first-order chi connectivity index (χ1) is 16.7. The monoisotopic (exact) mass is 475 g/mol. The van der Waals surface area contributed by atoms with Crippen LogP contribution in [-0.2, 0) is 32.9 Å². The van der Waals surface area contributed by atoms with E-state index in [9.17, 15) is 9.59 Å². The average Bonchev–Trinajstić information content (AvgIpc) is 2.85. The zero-order chi connectivity index (χ0) is 25.3. The van der Waals surface area contributed by atoms with Gasteiger partial charge < -0.3 is 19.5 Å². The number of amides is 1. The first-order valence-electron chi connectivity index (χ1n) is 11.7. The Morgan fingerprint density at radius 3 is 1.80 bits per heavy atom. The summed E-state index contributed by atoms with van der Waals surface area (Å²) in [5.74, 6) is -0.0184. The number of rotatable bonds is 9. The van der Waals surface area contributed by atoms with Crippen molar-refractivity contribution in [2.24, 2.45) is 0 Å². The predicted molar refractivity (Wildman–Crippen MR) is 135 cm³/mol. The minimum Gasteiger partial charge on any atom is -0.488 e. The maximum Gasteiger partial charge on any atom is 0.408 e. The van der Waals surface area contributed by atoms with Gasteiger partial charge in [-0.1, -0.05) is 93.6 Å². The molecule has 0 saturated carbocycles. The van der Waals surface area contributed by atoms with Crippen LogP contribution in [-0.4, -0.2) is 24.2 Å². The Morgan fingerprint density at radius 1 is 0.771 bits per heavy atom. The molecule has 0 heterocycles.